The zero-order valence-corrected chi connectivity index (χ0v) is 16.7. The van der Waals surface area contributed by atoms with Crippen molar-refractivity contribution in [1.82, 2.24) is 9.88 Å². The van der Waals surface area contributed by atoms with Gasteiger partial charge in [0, 0.05) is 22.5 Å². The van der Waals surface area contributed by atoms with E-state index >= 15 is 0 Å². The molecule has 0 unspecified atom stereocenters. The summed E-state index contributed by atoms with van der Waals surface area (Å²) in [4.78, 5) is 31.0. The third kappa shape index (κ3) is 3.47. The average molecular weight is 386 g/mol. The molecule has 5 nitrogen and oxygen atoms in total. The molecule has 0 spiro atoms. The van der Waals surface area contributed by atoms with Gasteiger partial charge in [0.15, 0.2) is 0 Å². The van der Waals surface area contributed by atoms with Gasteiger partial charge in [0.25, 0.3) is 11.8 Å². The Morgan fingerprint density at radius 1 is 0.966 bits per heavy atom. The van der Waals surface area contributed by atoms with Crippen LogP contribution in [0.25, 0.3) is 11.6 Å². The molecule has 4 rings (SSSR count). The van der Waals surface area contributed by atoms with Crippen LogP contribution in [0.5, 0.6) is 5.75 Å². The maximum Gasteiger partial charge on any atom is 0.261 e. The van der Waals surface area contributed by atoms with Crippen LogP contribution in [0, 0.1) is 13.8 Å². The quantitative estimate of drug-likeness (QED) is 0.535. The minimum absolute atomic E-state index is 0.207. The van der Waals surface area contributed by atoms with Gasteiger partial charge >= 0.3 is 0 Å². The van der Waals surface area contributed by atoms with Crippen LogP contribution in [0.2, 0.25) is 0 Å². The number of aromatic nitrogens is 1. The largest absolute Gasteiger partial charge is 0.497 e. The van der Waals surface area contributed by atoms with Crippen LogP contribution in [0.15, 0.2) is 54.6 Å². The number of rotatable bonds is 4. The first-order valence-electron chi connectivity index (χ1n) is 9.44. The first-order valence-corrected chi connectivity index (χ1v) is 9.44. The van der Waals surface area contributed by atoms with E-state index < -0.39 is 0 Å². The summed E-state index contributed by atoms with van der Waals surface area (Å²) in [6.45, 7) is 4.16. The molecule has 0 radical (unpaired) electrons. The number of aryl methyl sites for hydroxylation is 2. The highest BCUT2D eigenvalue weighted by Gasteiger charge is 2.34. The van der Waals surface area contributed by atoms with Crippen molar-refractivity contribution in [3.05, 3.63) is 88.2 Å². The second-order valence-corrected chi connectivity index (χ2v) is 7.18. The van der Waals surface area contributed by atoms with Crippen LogP contribution in [-0.4, -0.2) is 28.8 Å². The average Bonchev–Trinajstić information content (AvgIpc) is 3.05. The highest BCUT2D eigenvalue weighted by molar-refractivity contribution is 6.33. The lowest BCUT2D eigenvalue weighted by atomic mass is 9.91. The third-order valence-corrected chi connectivity index (χ3v) is 5.16. The molecule has 3 aromatic rings. The summed E-state index contributed by atoms with van der Waals surface area (Å²) in [6.07, 6.45) is 1.87. The molecular formula is C24H22N2O3. The maximum absolute atomic E-state index is 13.4. The first-order chi connectivity index (χ1) is 14.0. The molecule has 1 N–H and O–H groups in total. The highest BCUT2D eigenvalue weighted by atomic mass is 16.5. The van der Waals surface area contributed by atoms with Crippen molar-refractivity contribution in [3.63, 3.8) is 0 Å². The van der Waals surface area contributed by atoms with E-state index in [1.165, 1.54) is 4.90 Å². The van der Waals surface area contributed by atoms with Crippen LogP contribution < -0.4 is 4.74 Å². The number of hydrogen-bond acceptors (Lipinski definition) is 3. The molecule has 0 saturated heterocycles. The highest BCUT2D eigenvalue weighted by Crippen LogP contribution is 2.32. The van der Waals surface area contributed by atoms with Crippen molar-refractivity contribution in [3.8, 4) is 5.75 Å². The fraction of sp³-hybridized carbons (Fsp3) is 0.167. The molecule has 29 heavy (non-hydrogen) atoms. The Bertz CT molecular complexity index is 1120. The fourth-order valence-corrected chi connectivity index (χ4v) is 3.65. The fourth-order valence-electron chi connectivity index (χ4n) is 3.65. The minimum Gasteiger partial charge on any atom is -0.497 e. The van der Waals surface area contributed by atoms with Gasteiger partial charge in [0.2, 0.25) is 0 Å². The standard InChI is InChI=1S/C24H22N2O3/c1-15-12-18(16(2)25-15)13-22-20-6-4-5-7-21(20)23(27)26(24(22)28)14-17-8-10-19(29-3)11-9-17/h4-13,25H,14H2,1-3H3/b22-13+. The molecule has 2 amide bonds. The zero-order chi connectivity index (χ0) is 20.5. The Kier molecular flexibility index (Phi) is 4.80. The van der Waals surface area contributed by atoms with E-state index in [1.807, 2.05) is 68.5 Å². The van der Waals surface area contributed by atoms with Gasteiger partial charge in [0.1, 0.15) is 5.75 Å². The Morgan fingerprint density at radius 3 is 2.28 bits per heavy atom. The molecule has 0 aliphatic carbocycles. The lowest BCUT2D eigenvalue weighted by molar-refractivity contribution is -0.123. The number of aromatic amines is 1. The summed E-state index contributed by atoms with van der Waals surface area (Å²) in [5.74, 6) is 0.164. The summed E-state index contributed by atoms with van der Waals surface area (Å²) < 4.78 is 5.18. The van der Waals surface area contributed by atoms with Crippen molar-refractivity contribution in [2.24, 2.45) is 0 Å². The zero-order valence-electron chi connectivity index (χ0n) is 16.7. The van der Waals surface area contributed by atoms with Gasteiger partial charge in [-0.3, -0.25) is 14.5 Å². The van der Waals surface area contributed by atoms with Gasteiger partial charge < -0.3 is 9.72 Å². The van der Waals surface area contributed by atoms with Crippen LogP contribution in [0.4, 0.5) is 0 Å². The molecule has 2 heterocycles. The molecule has 1 aliphatic heterocycles. The van der Waals surface area contributed by atoms with Crippen molar-refractivity contribution in [2.75, 3.05) is 7.11 Å². The lowest BCUT2D eigenvalue weighted by Gasteiger charge is -2.28. The van der Waals surface area contributed by atoms with Gasteiger partial charge in [-0.05, 0) is 60.9 Å². The molecule has 1 aliphatic rings. The number of carbonyl (C=O) groups excluding carboxylic acids is 2. The number of carbonyl (C=O) groups is 2. The van der Waals surface area contributed by atoms with Gasteiger partial charge in [-0.1, -0.05) is 30.3 Å². The molecule has 0 fully saturated rings. The smallest absolute Gasteiger partial charge is 0.261 e. The summed E-state index contributed by atoms with van der Waals surface area (Å²) in [5.41, 5.74) is 5.55. The van der Waals surface area contributed by atoms with Crippen molar-refractivity contribution in [2.45, 2.75) is 20.4 Å². The first kappa shape index (κ1) is 18.7. The summed E-state index contributed by atoms with van der Waals surface area (Å²) in [7, 11) is 1.60. The Hall–Kier alpha value is -3.60. The third-order valence-electron chi connectivity index (χ3n) is 5.16. The summed E-state index contributed by atoms with van der Waals surface area (Å²) in [6, 6.07) is 16.7. The number of benzene rings is 2. The number of imide groups is 1. The van der Waals surface area contributed by atoms with E-state index in [-0.39, 0.29) is 18.4 Å². The van der Waals surface area contributed by atoms with Gasteiger partial charge in [-0.15, -0.1) is 0 Å². The lowest BCUT2D eigenvalue weighted by Crippen LogP contribution is -2.41. The van der Waals surface area contributed by atoms with E-state index in [4.69, 9.17) is 4.74 Å². The molecule has 0 atom stereocenters. The van der Waals surface area contributed by atoms with Crippen molar-refractivity contribution >= 4 is 23.5 Å². The maximum atomic E-state index is 13.4. The topological polar surface area (TPSA) is 62.4 Å². The van der Waals surface area contributed by atoms with Crippen molar-refractivity contribution < 1.29 is 14.3 Å². The van der Waals surface area contributed by atoms with Crippen LogP contribution in [0.1, 0.15) is 38.4 Å². The van der Waals surface area contributed by atoms with Gasteiger partial charge in [-0.2, -0.15) is 0 Å². The van der Waals surface area contributed by atoms with E-state index in [2.05, 4.69) is 4.98 Å². The minimum atomic E-state index is -0.289. The molecular weight excluding hydrogens is 364 g/mol. The second-order valence-electron chi connectivity index (χ2n) is 7.18. The molecule has 0 saturated carbocycles. The SMILES string of the molecule is COc1ccc(CN2C(=O)/C(=C/c3cc(C)[nH]c3C)c3ccccc3C2=O)cc1. The summed E-state index contributed by atoms with van der Waals surface area (Å²) in [5, 5.41) is 0. The molecule has 0 bridgehead atoms. The number of methoxy groups -OCH3 is 1. The number of ether oxygens (including phenoxy) is 1. The van der Waals surface area contributed by atoms with Crippen LogP contribution in [-0.2, 0) is 11.3 Å². The van der Waals surface area contributed by atoms with E-state index in [0.717, 1.165) is 28.3 Å². The van der Waals surface area contributed by atoms with E-state index in [0.29, 0.717) is 16.7 Å². The Balaban J connectivity index is 1.77. The number of hydrogen-bond donors (Lipinski definition) is 1. The second kappa shape index (κ2) is 7.43. The van der Waals surface area contributed by atoms with E-state index in [1.54, 1.807) is 13.2 Å². The van der Waals surface area contributed by atoms with Gasteiger partial charge in [0.05, 0.1) is 13.7 Å². The van der Waals surface area contributed by atoms with Crippen molar-refractivity contribution in [1.29, 1.82) is 0 Å². The number of nitrogens with zero attached hydrogens (tertiary/aromatic N) is 1. The van der Waals surface area contributed by atoms with Crippen LogP contribution >= 0.6 is 0 Å². The Labute approximate surface area is 169 Å². The molecule has 5 heteroatoms. The van der Waals surface area contributed by atoms with E-state index in [9.17, 15) is 9.59 Å². The predicted octanol–water partition coefficient (Wildman–Crippen LogP) is 4.36. The monoisotopic (exact) mass is 386 g/mol. The van der Waals surface area contributed by atoms with Crippen LogP contribution in [0.3, 0.4) is 0 Å². The molecule has 2 aromatic carbocycles. The number of amides is 2. The number of nitrogens with one attached hydrogen (secondary N) is 1. The normalized spacial score (nSPS) is 15.0. The van der Waals surface area contributed by atoms with Gasteiger partial charge in [-0.25, -0.2) is 0 Å². The number of H-pyrrole nitrogens is 1. The summed E-state index contributed by atoms with van der Waals surface area (Å²) >= 11 is 0. The molecule has 1 aromatic heterocycles. The Morgan fingerprint density at radius 2 is 1.66 bits per heavy atom. The predicted molar refractivity (Wildman–Crippen MR) is 112 cm³/mol. The molecule has 146 valence electrons. The number of fused-ring (bicyclic) bond motifs is 1.